The van der Waals surface area contributed by atoms with E-state index in [1.807, 2.05) is 4.90 Å². The number of nitrogens with zero attached hydrogens (tertiary/aromatic N) is 1. The molecule has 0 radical (unpaired) electrons. The molecule has 2 N–H and O–H groups in total. The third-order valence-corrected chi connectivity index (χ3v) is 3.44. The largest absolute Gasteiger partial charge is 0.480 e. The van der Waals surface area contributed by atoms with Crippen LogP contribution in [0.4, 0.5) is 4.79 Å². The highest BCUT2D eigenvalue weighted by molar-refractivity contribution is 5.74. The molecule has 2 atom stereocenters. The third kappa shape index (κ3) is 2.88. The van der Waals surface area contributed by atoms with Gasteiger partial charge in [0.25, 0.3) is 0 Å². The second-order valence-corrected chi connectivity index (χ2v) is 4.74. The molecule has 2 aliphatic rings. The summed E-state index contributed by atoms with van der Waals surface area (Å²) in [6.07, 6.45) is 2.34. The Morgan fingerprint density at radius 3 is 2.65 bits per heavy atom. The van der Waals surface area contributed by atoms with Crippen molar-refractivity contribution < 1.29 is 19.4 Å². The van der Waals surface area contributed by atoms with Crippen molar-refractivity contribution in [1.29, 1.82) is 0 Å². The van der Waals surface area contributed by atoms with Gasteiger partial charge in [-0.05, 0) is 25.2 Å². The van der Waals surface area contributed by atoms with E-state index in [1.165, 1.54) is 7.11 Å². The van der Waals surface area contributed by atoms with Crippen LogP contribution in [0.25, 0.3) is 0 Å². The van der Waals surface area contributed by atoms with Gasteiger partial charge in [0.05, 0.1) is 7.11 Å². The number of carboxylic acids is 1. The van der Waals surface area contributed by atoms with Crippen LogP contribution in [0.2, 0.25) is 0 Å². The summed E-state index contributed by atoms with van der Waals surface area (Å²) in [6, 6.07) is -0.373. The molecule has 1 aliphatic heterocycles. The number of amides is 1. The minimum atomic E-state index is -0.744. The zero-order valence-corrected chi connectivity index (χ0v) is 9.89. The number of carbonyl (C=O) groups excluding carboxylic acids is 1. The fourth-order valence-electron chi connectivity index (χ4n) is 2.45. The van der Waals surface area contributed by atoms with E-state index in [1.54, 1.807) is 0 Å². The van der Waals surface area contributed by atoms with Gasteiger partial charge >= 0.3 is 12.1 Å². The number of aliphatic carboxylic acids is 1. The van der Waals surface area contributed by atoms with Gasteiger partial charge in [-0.2, -0.15) is 0 Å². The highest BCUT2D eigenvalue weighted by atomic mass is 16.5. The molecular formula is C11H18N2O4. The number of hydrogen-bond acceptors (Lipinski definition) is 4. The summed E-state index contributed by atoms with van der Waals surface area (Å²) in [7, 11) is 1.33. The maximum Gasteiger partial charge on any atom is 0.407 e. The highest BCUT2D eigenvalue weighted by Crippen LogP contribution is 2.36. The summed E-state index contributed by atoms with van der Waals surface area (Å²) in [4.78, 5) is 24.2. The van der Waals surface area contributed by atoms with Crippen molar-refractivity contribution >= 4 is 12.1 Å². The SMILES string of the molecule is COC(=O)NC1CCN(C(C(=O)O)C2CC2)C1. The Kier molecular flexibility index (Phi) is 3.51. The normalized spacial score (nSPS) is 26.5. The van der Waals surface area contributed by atoms with Gasteiger partial charge in [-0.15, -0.1) is 0 Å². The Morgan fingerprint density at radius 1 is 1.41 bits per heavy atom. The van der Waals surface area contributed by atoms with Crippen LogP contribution in [0.3, 0.4) is 0 Å². The molecule has 1 saturated carbocycles. The first-order chi connectivity index (χ1) is 8.11. The summed E-state index contributed by atoms with van der Waals surface area (Å²) in [5.74, 6) is -0.449. The molecule has 0 bridgehead atoms. The van der Waals surface area contributed by atoms with E-state index >= 15 is 0 Å². The third-order valence-electron chi connectivity index (χ3n) is 3.44. The molecule has 6 heteroatoms. The van der Waals surface area contributed by atoms with Crippen molar-refractivity contribution in [1.82, 2.24) is 10.2 Å². The smallest absolute Gasteiger partial charge is 0.407 e. The van der Waals surface area contributed by atoms with E-state index in [4.69, 9.17) is 0 Å². The molecular weight excluding hydrogens is 224 g/mol. The number of likely N-dealkylation sites (tertiary alicyclic amines) is 1. The van der Waals surface area contributed by atoms with E-state index in [0.29, 0.717) is 12.5 Å². The molecule has 2 rings (SSSR count). The van der Waals surface area contributed by atoms with E-state index in [-0.39, 0.29) is 12.1 Å². The fraction of sp³-hybridized carbons (Fsp3) is 0.818. The predicted molar refractivity (Wildman–Crippen MR) is 59.7 cm³/mol. The van der Waals surface area contributed by atoms with Gasteiger partial charge in [0.1, 0.15) is 6.04 Å². The van der Waals surface area contributed by atoms with Crippen LogP contribution in [0.15, 0.2) is 0 Å². The Balaban J connectivity index is 1.87. The average molecular weight is 242 g/mol. The Hall–Kier alpha value is -1.30. The molecule has 0 aromatic rings. The van der Waals surface area contributed by atoms with Gasteiger partial charge in [-0.3, -0.25) is 9.69 Å². The summed E-state index contributed by atoms with van der Waals surface area (Å²) >= 11 is 0. The zero-order valence-electron chi connectivity index (χ0n) is 9.89. The topological polar surface area (TPSA) is 78.9 Å². The molecule has 1 heterocycles. The number of carbonyl (C=O) groups is 2. The van der Waals surface area contributed by atoms with Crippen molar-refractivity contribution in [3.63, 3.8) is 0 Å². The van der Waals surface area contributed by atoms with Crippen molar-refractivity contribution in [2.24, 2.45) is 5.92 Å². The number of methoxy groups -OCH3 is 1. The number of nitrogens with one attached hydrogen (secondary N) is 1. The molecule has 1 saturated heterocycles. The lowest BCUT2D eigenvalue weighted by Gasteiger charge is -2.24. The standard InChI is InChI=1S/C11H18N2O4/c1-17-11(16)12-8-4-5-13(6-8)9(10(14)15)7-2-3-7/h7-9H,2-6H2,1H3,(H,12,16)(H,14,15). The summed E-state index contributed by atoms with van der Waals surface area (Å²) in [5.41, 5.74) is 0. The molecule has 2 unspecified atom stereocenters. The van der Waals surface area contributed by atoms with E-state index in [2.05, 4.69) is 10.1 Å². The van der Waals surface area contributed by atoms with Gasteiger partial charge in [0, 0.05) is 19.1 Å². The summed E-state index contributed by atoms with van der Waals surface area (Å²) < 4.78 is 4.53. The quantitative estimate of drug-likeness (QED) is 0.740. The first-order valence-corrected chi connectivity index (χ1v) is 5.93. The van der Waals surface area contributed by atoms with Crippen LogP contribution < -0.4 is 5.32 Å². The molecule has 0 spiro atoms. The Labute approximate surface area is 99.9 Å². The summed E-state index contributed by atoms with van der Waals surface area (Å²) in [5, 5.41) is 11.9. The predicted octanol–water partition coefficient (Wildman–Crippen LogP) is 0.280. The second-order valence-electron chi connectivity index (χ2n) is 4.74. The first-order valence-electron chi connectivity index (χ1n) is 5.93. The molecule has 17 heavy (non-hydrogen) atoms. The van der Waals surface area contributed by atoms with E-state index in [0.717, 1.165) is 25.8 Å². The van der Waals surface area contributed by atoms with Crippen molar-refractivity contribution in [3.05, 3.63) is 0 Å². The zero-order chi connectivity index (χ0) is 12.4. The van der Waals surface area contributed by atoms with Gasteiger partial charge in [0.2, 0.25) is 0 Å². The fourth-order valence-corrected chi connectivity index (χ4v) is 2.45. The van der Waals surface area contributed by atoms with Crippen LogP contribution in [-0.2, 0) is 9.53 Å². The molecule has 1 aliphatic carbocycles. The number of carboxylic acid groups (broad SMARTS) is 1. The second kappa shape index (κ2) is 4.91. The molecule has 1 amide bonds. The number of rotatable bonds is 4. The van der Waals surface area contributed by atoms with Crippen LogP contribution in [-0.4, -0.2) is 54.4 Å². The van der Waals surface area contributed by atoms with Crippen molar-refractivity contribution in [3.8, 4) is 0 Å². The first kappa shape index (κ1) is 12.2. The van der Waals surface area contributed by atoms with E-state index < -0.39 is 12.1 Å². The van der Waals surface area contributed by atoms with Crippen LogP contribution >= 0.6 is 0 Å². The lowest BCUT2D eigenvalue weighted by molar-refractivity contribution is -0.143. The van der Waals surface area contributed by atoms with Gasteiger partial charge < -0.3 is 15.2 Å². The van der Waals surface area contributed by atoms with E-state index in [9.17, 15) is 14.7 Å². The lowest BCUT2D eigenvalue weighted by Crippen LogP contribution is -2.44. The van der Waals surface area contributed by atoms with Crippen molar-refractivity contribution in [2.45, 2.75) is 31.3 Å². The van der Waals surface area contributed by atoms with Crippen LogP contribution in [0, 0.1) is 5.92 Å². The minimum absolute atomic E-state index is 0.00282. The number of alkyl carbamates (subject to hydrolysis) is 1. The van der Waals surface area contributed by atoms with Crippen LogP contribution in [0.1, 0.15) is 19.3 Å². The van der Waals surface area contributed by atoms with Crippen molar-refractivity contribution in [2.75, 3.05) is 20.2 Å². The molecule has 2 fully saturated rings. The molecule has 0 aromatic carbocycles. The average Bonchev–Trinajstić information content (AvgIpc) is 2.99. The van der Waals surface area contributed by atoms with Gasteiger partial charge in [-0.25, -0.2) is 4.79 Å². The minimum Gasteiger partial charge on any atom is -0.480 e. The number of ether oxygens (including phenoxy) is 1. The molecule has 6 nitrogen and oxygen atoms in total. The maximum atomic E-state index is 11.2. The molecule has 96 valence electrons. The van der Waals surface area contributed by atoms with Gasteiger partial charge in [0.15, 0.2) is 0 Å². The maximum absolute atomic E-state index is 11.2. The highest BCUT2D eigenvalue weighted by Gasteiger charge is 2.42. The summed E-state index contributed by atoms with van der Waals surface area (Å²) in [6.45, 7) is 1.32. The van der Waals surface area contributed by atoms with Gasteiger partial charge in [-0.1, -0.05) is 0 Å². The Morgan fingerprint density at radius 2 is 2.12 bits per heavy atom. The lowest BCUT2D eigenvalue weighted by atomic mass is 10.1. The number of hydrogen-bond donors (Lipinski definition) is 2. The Bertz CT molecular complexity index is 317. The monoisotopic (exact) mass is 242 g/mol. The van der Waals surface area contributed by atoms with Crippen LogP contribution in [0.5, 0.6) is 0 Å². The molecule has 0 aromatic heterocycles.